The number of piperidine rings is 2. The van der Waals surface area contributed by atoms with E-state index in [2.05, 4.69) is 52.9 Å². The second-order valence-electron chi connectivity index (χ2n) is 8.31. The molecule has 0 unspecified atom stereocenters. The highest BCUT2D eigenvalue weighted by atomic mass is 15.4. The fraction of sp³-hybridized carbons (Fsp3) is 0.556. The van der Waals surface area contributed by atoms with Crippen LogP contribution in [0.25, 0.3) is 10.9 Å². The summed E-state index contributed by atoms with van der Waals surface area (Å²) in [7, 11) is 0. The maximum absolute atomic E-state index is 3.36. The molecule has 4 aliphatic rings. The molecule has 1 aromatic carbocycles. The maximum atomic E-state index is 3.36. The summed E-state index contributed by atoms with van der Waals surface area (Å²) in [6, 6.07) is 9.09. The number of hydrogen-bond donors (Lipinski definition) is 1. The Balaban J connectivity index is 1.58. The number of aromatic nitrogens is 1. The fourth-order valence-corrected chi connectivity index (χ4v) is 5.65. The van der Waals surface area contributed by atoms with E-state index in [0.29, 0.717) is 17.0 Å². The first-order chi connectivity index (χ1) is 10.0. The van der Waals surface area contributed by atoms with Gasteiger partial charge in [-0.05, 0) is 40.3 Å². The normalized spacial score (nSPS) is 44.6. The summed E-state index contributed by atoms with van der Waals surface area (Å²) in [6.07, 6.45) is 3.92. The van der Waals surface area contributed by atoms with E-state index < -0.39 is 0 Å². The Kier molecular flexibility index (Phi) is 2.16. The lowest BCUT2D eigenvalue weighted by Gasteiger charge is -2.66. The Bertz CT molecular complexity index is 680. The van der Waals surface area contributed by atoms with Crippen molar-refractivity contribution < 1.29 is 0 Å². The number of nitrogens with zero attached hydrogens (tertiary/aromatic N) is 2. The smallest absolute Gasteiger partial charge is 0.0887 e. The van der Waals surface area contributed by atoms with Gasteiger partial charge in [-0.2, -0.15) is 0 Å². The molecule has 0 radical (unpaired) electrons. The van der Waals surface area contributed by atoms with Crippen molar-refractivity contribution in [2.24, 2.45) is 10.8 Å². The third kappa shape index (κ3) is 1.68. The second kappa shape index (κ2) is 3.71. The van der Waals surface area contributed by atoms with Gasteiger partial charge in [0.25, 0.3) is 0 Å². The number of hydrogen-bond acceptors (Lipinski definition) is 2. The lowest BCUT2D eigenvalue weighted by atomic mass is 9.63. The van der Waals surface area contributed by atoms with Crippen LogP contribution in [0.1, 0.15) is 32.0 Å². The van der Waals surface area contributed by atoms with Crippen LogP contribution in [0, 0.1) is 10.8 Å². The van der Waals surface area contributed by atoms with Crippen LogP contribution in [-0.2, 0) is 0 Å². The van der Waals surface area contributed by atoms with Gasteiger partial charge in [-0.1, -0.05) is 26.0 Å². The number of H-pyrrole nitrogens is 1. The van der Waals surface area contributed by atoms with Crippen LogP contribution in [0.15, 0.2) is 30.5 Å². The molecule has 6 rings (SSSR count). The molecule has 0 saturated carbocycles. The first-order valence-corrected chi connectivity index (χ1v) is 8.09. The first kappa shape index (κ1) is 12.2. The summed E-state index contributed by atoms with van der Waals surface area (Å²) < 4.78 is 0. The molecule has 3 nitrogen and oxygen atoms in total. The number of aromatic amines is 1. The van der Waals surface area contributed by atoms with E-state index in [1.54, 1.807) is 0 Å². The predicted molar refractivity (Wildman–Crippen MR) is 85.0 cm³/mol. The van der Waals surface area contributed by atoms with Gasteiger partial charge in [0.1, 0.15) is 0 Å². The SMILES string of the molecule is CC12CN3CC(C)(CN(C1)C3c1ccc3cc[nH]c3c1)C2. The lowest BCUT2D eigenvalue weighted by Crippen LogP contribution is -2.70. The van der Waals surface area contributed by atoms with Crippen molar-refractivity contribution in [1.29, 1.82) is 0 Å². The topological polar surface area (TPSA) is 22.3 Å². The molecular formula is C18H23N3. The van der Waals surface area contributed by atoms with Crippen LogP contribution in [0.3, 0.4) is 0 Å². The number of rotatable bonds is 1. The average Bonchev–Trinajstić information content (AvgIpc) is 2.82. The van der Waals surface area contributed by atoms with Crippen LogP contribution in [0.4, 0.5) is 0 Å². The molecule has 4 saturated heterocycles. The first-order valence-electron chi connectivity index (χ1n) is 8.09. The molecule has 2 aromatic rings. The molecule has 1 aromatic heterocycles. The van der Waals surface area contributed by atoms with Gasteiger partial charge >= 0.3 is 0 Å². The number of benzene rings is 1. The molecule has 0 aliphatic carbocycles. The highest BCUT2D eigenvalue weighted by molar-refractivity contribution is 5.80. The third-order valence-electron chi connectivity index (χ3n) is 5.76. The molecule has 1 N–H and O–H groups in total. The van der Waals surface area contributed by atoms with Crippen LogP contribution >= 0.6 is 0 Å². The molecular weight excluding hydrogens is 258 g/mol. The van der Waals surface area contributed by atoms with E-state index >= 15 is 0 Å². The zero-order valence-electron chi connectivity index (χ0n) is 12.9. The van der Waals surface area contributed by atoms with E-state index in [1.807, 2.05) is 6.20 Å². The molecule has 0 amide bonds. The van der Waals surface area contributed by atoms with Crippen molar-refractivity contribution in [3.63, 3.8) is 0 Å². The van der Waals surface area contributed by atoms with Gasteiger partial charge < -0.3 is 4.98 Å². The quantitative estimate of drug-likeness (QED) is 0.867. The van der Waals surface area contributed by atoms with Gasteiger partial charge in [-0.15, -0.1) is 0 Å². The van der Waals surface area contributed by atoms with Crippen molar-refractivity contribution in [3.05, 3.63) is 36.0 Å². The fourth-order valence-electron chi connectivity index (χ4n) is 5.65. The molecule has 5 heterocycles. The van der Waals surface area contributed by atoms with Crippen molar-refractivity contribution in [2.75, 3.05) is 26.2 Å². The summed E-state index contributed by atoms with van der Waals surface area (Å²) in [5, 5.41) is 1.31. The molecule has 0 spiro atoms. The van der Waals surface area contributed by atoms with Gasteiger partial charge in [0, 0.05) is 37.9 Å². The zero-order chi connectivity index (χ0) is 14.2. The van der Waals surface area contributed by atoms with Crippen LogP contribution in [-0.4, -0.2) is 41.0 Å². The van der Waals surface area contributed by atoms with E-state index in [4.69, 9.17) is 0 Å². The van der Waals surface area contributed by atoms with E-state index in [1.165, 1.54) is 49.1 Å². The van der Waals surface area contributed by atoms with Crippen LogP contribution in [0.5, 0.6) is 0 Å². The minimum absolute atomic E-state index is 0.485. The van der Waals surface area contributed by atoms with Crippen LogP contribution < -0.4 is 0 Å². The Labute approximate surface area is 125 Å². The highest BCUT2D eigenvalue weighted by Gasteiger charge is 2.56. The maximum Gasteiger partial charge on any atom is 0.0887 e. The summed E-state index contributed by atoms with van der Waals surface area (Å²) in [4.78, 5) is 8.81. The molecule has 110 valence electrons. The van der Waals surface area contributed by atoms with Crippen molar-refractivity contribution in [3.8, 4) is 0 Å². The lowest BCUT2D eigenvalue weighted by molar-refractivity contribution is -0.194. The summed E-state index contributed by atoms with van der Waals surface area (Å²) in [6.45, 7) is 9.99. The highest BCUT2D eigenvalue weighted by Crippen LogP contribution is 2.54. The van der Waals surface area contributed by atoms with Gasteiger partial charge in [-0.25, -0.2) is 0 Å². The standard InChI is InChI=1S/C18H23N3/c1-17-8-18(2)11-20(9-17)16(21(10-17)12-18)14-4-3-13-5-6-19-15(13)7-14/h3-7,16,19H,8-12H2,1-2H3. The monoisotopic (exact) mass is 281 g/mol. The summed E-state index contributed by atoms with van der Waals surface area (Å²) >= 11 is 0. The van der Waals surface area contributed by atoms with Crippen molar-refractivity contribution >= 4 is 10.9 Å². The Morgan fingerprint density at radius 2 is 1.67 bits per heavy atom. The van der Waals surface area contributed by atoms with E-state index in [0.717, 1.165) is 0 Å². The molecule has 4 aliphatic heterocycles. The van der Waals surface area contributed by atoms with E-state index in [-0.39, 0.29) is 0 Å². The summed E-state index contributed by atoms with van der Waals surface area (Å²) in [5.41, 5.74) is 3.72. The molecule has 3 heteroatoms. The Morgan fingerprint density at radius 3 is 2.33 bits per heavy atom. The van der Waals surface area contributed by atoms with Gasteiger partial charge in [0.2, 0.25) is 0 Å². The Hall–Kier alpha value is -1.32. The Morgan fingerprint density at radius 1 is 1.00 bits per heavy atom. The molecule has 21 heavy (non-hydrogen) atoms. The van der Waals surface area contributed by atoms with Crippen LogP contribution in [0.2, 0.25) is 0 Å². The molecule has 4 bridgehead atoms. The second-order valence-corrected chi connectivity index (χ2v) is 8.31. The van der Waals surface area contributed by atoms with E-state index in [9.17, 15) is 0 Å². The number of nitrogens with one attached hydrogen (secondary N) is 1. The molecule has 0 atom stereocenters. The summed E-state index contributed by atoms with van der Waals surface area (Å²) in [5.74, 6) is 0. The third-order valence-corrected chi connectivity index (χ3v) is 5.76. The number of fused-ring (bicyclic) bond motifs is 1. The molecule has 4 fully saturated rings. The predicted octanol–water partition coefficient (Wildman–Crippen LogP) is 3.21. The van der Waals surface area contributed by atoms with Gasteiger partial charge in [-0.3, -0.25) is 9.80 Å². The zero-order valence-corrected chi connectivity index (χ0v) is 12.9. The largest absolute Gasteiger partial charge is 0.361 e. The minimum Gasteiger partial charge on any atom is -0.361 e. The van der Waals surface area contributed by atoms with Gasteiger partial charge in [0.15, 0.2) is 0 Å². The van der Waals surface area contributed by atoms with Gasteiger partial charge in [0.05, 0.1) is 6.17 Å². The van der Waals surface area contributed by atoms with Crippen molar-refractivity contribution in [2.45, 2.75) is 26.4 Å². The minimum atomic E-state index is 0.485. The van der Waals surface area contributed by atoms with Crippen molar-refractivity contribution in [1.82, 2.24) is 14.8 Å². The average molecular weight is 281 g/mol.